The van der Waals surface area contributed by atoms with E-state index in [0.717, 1.165) is 0 Å². The van der Waals surface area contributed by atoms with Crippen molar-refractivity contribution in [3.8, 4) is 0 Å². The maximum Gasteiger partial charge on any atom is 0.328 e. The highest BCUT2D eigenvalue weighted by atomic mass is 35.5. The van der Waals surface area contributed by atoms with Crippen LogP contribution in [0.15, 0.2) is 27.4 Å². The summed E-state index contributed by atoms with van der Waals surface area (Å²) in [7, 11) is 0. The van der Waals surface area contributed by atoms with Gasteiger partial charge in [-0.1, -0.05) is 18.2 Å². The van der Waals surface area contributed by atoms with E-state index in [9.17, 15) is 9.59 Å². The van der Waals surface area contributed by atoms with E-state index in [1.54, 1.807) is 0 Å². The second-order valence-electron chi connectivity index (χ2n) is 2.49. The zero-order chi connectivity index (χ0) is 10.0. The van der Waals surface area contributed by atoms with Crippen molar-refractivity contribution < 1.29 is 0 Å². The Labute approximate surface area is 78.5 Å². The van der Waals surface area contributed by atoms with E-state index < -0.39 is 11.2 Å². The van der Waals surface area contributed by atoms with Crippen molar-refractivity contribution in [3.63, 3.8) is 0 Å². The number of nitrogen functional groups attached to an aromatic ring is 1. The van der Waals surface area contributed by atoms with Crippen LogP contribution in [0, 0.1) is 0 Å². The molecule has 1 aromatic heterocycles. The van der Waals surface area contributed by atoms with E-state index in [1.165, 1.54) is 10.8 Å². The van der Waals surface area contributed by atoms with Gasteiger partial charge >= 0.3 is 5.69 Å². The van der Waals surface area contributed by atoms with E-state index in [2.05, 4.69) is 6.58 Å². The normalized spacial score (nSPS) is 9.92. The van der Waals surface area contributed by atoms with E-state index in [-0.39, 0.29) is 17.3 Å². The third kappa shape index (κ3) is 2.22. The van der Waals surface area contributed by atoms with Gasteiger partial charge in [0.1, 0.15) is 5.69 Å². The van der Waals surface area contributed by atoms with Crippen molar-refractivity contribution in [1.29, 1.82) is 0 Å². The van der Waals surface area contributed by atoms with Crippen LogP contribution in [0.3, 0.4) is 0 Å². The third-order valence-corrected chi connectivity index (χ3v) is 1.50. The van der Waals surface area contributed by atoms with E-state index in [1.807, 2.05) is 4.98 Å². The predicted molar refractivity (Wildman–Crippen MR) is 50.7 cm³/mol. The average molecular weight is 202 g/mol. The second kappa shape index (κ2) is 3.49. The first-order valence-corrected chi connectivity index (χ1v) is 3.81. The lowest BCUT2D eigenvalue weighted by molar-refractivity contribution is 0.733. The van der Waals surface area contributed by atoms with Crippen LogP contribution in [0.2, 0.25) is 0 Å². The molecule has 0 atom stereocenters. The fourth-order valence-corrected chi connectivity index (χ4v) is 0.957. The number of aromatic amines is 1. The van der Waals surface area contributed by atoms with Crippen LogP contribution >= 0.6 is 11.6 Å². The fourth-order valence-electron chi connectivity index (χ4n) is 0.829. The molecule has 1 aromatic rings. The summed E-state index contributed by atoms with van der Waals surface area (Å²) >= 11 is 5.49. The molecule has 0 spiro atoms. The molecule has 0 fully saturated rings. The van der Waals surface area contributed by atoms with Gasteiger partial charge in [-0.2, -0.15) is 0 Å². The van der Waals surface area contributed by atoms with E-state index in [0.29, 0.717) is 0 Å². The van der Waals surface area contributed by atoms with Crippen LogP contribution in [-0.4, -0.2) is 9.55 Å². The van der Waals surface area contributed by atoms with Crippen molar-refractivity contribution in [2.24, 2.45) is 0 Å². The minimum atomic E-state index is -0.596. The summed E-state index contributed by atoms with van der Waals surface area (Å²) in [6, 6.07) is 0. The SMILES string of the molecule is C=C(Cl)Cn1cc(N)c(=O)[nH]c1=O. The molecule has 0 amide bonds. The molecule has 0 aliphatic rings. The molecule has 3 N–H and O–H groups in total. The number of rotatable bonds is 2. The van der Waals surface area contributed by atoms with Gasteiger partial charge in [-0.05, 0) is 0 Å². The molecular weight excluding hydrogens is 194 g/mol. The maximum atomic E-state index is 11.1. The molecule has 13 heavy (non-hydrogen) atoms. The Morgan fingerprint density at radius 2 is 2.31 bits per heavy atom. The number of halogens is 1. The van der Waals surface area contributed by atoms with Gasteiger partial charge in [-0.15, -0.1) is 0 Å². The van der Waals surface area contributed by atoms with Crippen molar-refractivity contribution in [2.45, 2.75) is 6.54 Å². The highest BCUT2D eigenvalue weighted by molar-refractivity contribution is 6.29. The molecule has 70 valence electrons. The third-order valence-electron chi connectivity index (χ3n) is 1.38. The Hall–Kier alpha value is -1.49. The molecule has 0 radical (unpaired) electrons. The number of anilines is 1. The highest BCUT2D eigenvalue weighted by Crippen LogP contribution is 1.99. The number of nitrogens with zero attached hydrogens (tertiary/aromatic N) is 1. The molecule has 0 unspecified atom stereocenters. The number of hydrogen-bond donors (Lipinski definition) is 2. The molecule has 0 aromatic carbocycles. The Balaban J connectivity index is 3.24. The Morgan fingerprint density at radius 3 is 2.85 bits per heavy atom. The number of H-pyrrole nitrogens is 1. The van der Waals surface area contributed by atoms with Gasteiger partial charge in [0.15, 0.2) is 0 Å². The van der Waals surface area contributed by atoms with Crippen molar-refractivity contribution in [1.82, 2.24) is 9.55 Å². The maximum absolute atomic E-state index is 11.1. The number of aromatic nitrogens is 2. The van der Waals surface area contributed by atoms with E-state index >= 15 is 0 Å². The van der Waals surface area contributed by atoms with Crippen LogP contribution in [0.25, 0.3) is 0 Å². The lowest BCUT2D eigenvalue weighted by Crippen LogP contribution is -2.31. The zero-order valence-corrected chi connectivity index (χ0v) is 7.47. The van der Waals surface area contributed by atoms with Gasteiger partial charge < -0.3 is 5.73 Å². The van der Waals surface area contributed by atoms with Gasteiger partial charge in [-0.3, -0.25) is 14.3 Å². The van der Waals surface area contributed by atoms with Crippen LogP contribution in [0.4, 0.5) is 5.69 Å². The summed E-state index contributed by atoms with van der Waals surface area (Å²) in [6.45, 7) is 3.54. The summed E-state index contributed by atoms with van der Waals surface area (Å²) in [5.41, 5.74) is 4.11. The summed E-state index contributed by atoms with van der Waals surface area (Å²) in [6.07, 6.45) is 1.23. The summed E-state index contributed by atoms with van der Waals surface area (Å²) in [5, 5.41) is 0.286. The lowest BCUT2D eigenvalue weighted by atomic mass is 10.5. The van der Waals surface area contributed by atoms with Gasteiger partial charge in [0.2, 0.25) is 0 Å². The first kappa shape index (κ1) is 9.60. The molecule has 5 nitrogen and oxygen atoms in total. The minimum absolute atomic E-state index is 0.0301. The molecule has 0 saturated carbocycles. The molecule has 1 heterocycles. The molecule has 6 heteroatoms. The first-order chi connectivity index (χ1) is 6.00. The first-order valence-electron chi connectivity index (χ1n) is 3.43. The number of allylic oxidation sites excluding steroid dienone is 1. The largest absolute Gasteiger partial charge is 0.393 e. The van der Waals surface area contributed by atoms with Crippen molar-refractivity contribution in [3.05, 3.63) is 38.6 Å². The highest BCUT2D eigenvalue weighted by Gasteiger charge is 2.00. The van der Waals surface area contributed by atoms with Crippen LogP contribution in [0.5, 0.6) is 0 Å². The smallest absolute Gasteiger partial charge is 0.328 e. The Kier molecular flexibility index (Phi) is 2.57. The number of nitrogens with two attached hydrogens (primary N) is 1. The summed E-state index contributed by atoms with van der Waals surface area (Å²) in [4.78, 5) is 23.9. The van der Waals surface area contributed by atoms with Crippen LogP contribution in [-0.2, 0) is 6.54 Å². The van der Waals surface area contributed by atoms with Crippen molar-refractivity contribution in [2.75, 3.05) is 5.73 Å². The molecule has 0 aliphatic carbocycles. The fraction of sp³-hybridized carbons (Fsp3) is 0.143. The monoisotopic (exact) mass is 201 g/mol. The molecule has 1 rings (SSSR count). The van der Waals surface area contributed by atoms with Gasteiger partial charge in [0.25, 0.3) is 5.56 Å². The van der Waals surface area contributed by atoms with Crippen LogP contribution < -0.4 is 17.0 Å². The van der Waals surface area contributed by atoms with E-state index in [4.69, 9.17) is 17.3 Å². The second-order valence-corrected chi connectivity index (χ2v) is 3.02. The van der Waals surface area contributed by atoms with Gasteiger partial charge in [0.05, 0.1) is 6.54 Å². The predicted octanol–water partition coefficient (Wildman–Crippen LogP) is -0.129. The lowest BCUT2D eigenvalue weighted by Gasteiger charge is -2.02. The summed E-state index contributed by atoms with van der Waals surface area (Å²) in [5.74, 6) is 0. The molecular formula is C7H8ClN3O2. The molecule has 0 aliphatic heterocycles. The minimum Gasteiger partial charge on any atom is -0.393 e. The number of nitrogens with one attached hydrogen (secondary N) is 1. The van der Waals surface area contributed by atoms with Gasteiger partial charge in [0, 0.05) is 11.2 Å². The summed E-state index contributed by atoms with van der Waals surface area (Å²) < 4.78 is 1.17. The molecule has 0 bridgehead atoms. The number of hydrogen-bond acceptors (Lipinski definition) is 3. The molecule has 0 saturated heterocycles. The van der Waals surface area contributed by atoms with Gasteiger partial charge in [-0.25, -0.2) is 4.79 Å². The Morgan fingerprint density at radius 1 is 1.69 bits per heavy atom. The Bertz CT molecular complexity index is 446. The quantitative estimate of drug-likeness (QED) is 0.700. The van der Waals surface area contributed by atoms with Crippen molar-refractivity contribution >= 4 is 17.3 Å². The standard InChI is InChI=1S/C7H8ClN3O2/c1-4(8)2-11-3-5(9)6(12)10-7(11)13/h3H,1-2,9H2,(H,10,12,13). The average Bonchev–Trinajstić information content (AvgIpc) is 1.99. The topological polar surface area (TPSA) is 80.9 Å². The zero-order valence-electron chi connectivity index (χ0n) is 6.71. The van der Waals surface area contributed by atoms with Crippen LogP contribution in [0.1, 0.15) is 0 Å².